The van der Waals surface area contributed by atoms with E-state index < -0.39 is 35.7 Å². The van der Waals surface area contributed by atoms with Crippen molar-refractivity contribution in [3.63, 3.8) is 0 Å². The lowest BCUT2D eigenvalue weighted by Gasteiger charge is -2.33. The van der Waals surface area contributed by atoms with Crippen molar-refractivity contribution in [2.75, 3.05) is 32.2 Å². The molecule has 5 rings (SSSR count). The predicted molar refractivity (Wildman–Crippen MR) is 164 cm³/mol. The number of rotatable bonds is 9. The van der Waals surface area contributed by atoms with Gasteiger partial charge in [0.1, 0.15) is 17.7 Å². The average molecular weight is 626 g/mol. The molecule has 240 valence electrons. The van der Waals surface area contributed by atoms with Gasteiger partial charge in [0.25, 0.3) is 0 Å². The highest BCUT2D eigenvalue weighted by Crippen LogP contribution is 2.40. The van der Waals surface area contributed by atoms with Crippen LogP contribution < -0.4 is 9.64 Å². The molecule has 11 heteroatoms. The highest BCUT2D eigenvalue weighted by molar-refractivity contribution is 5.77. The number of carbonyl (C=O) groups is 2. The largest absolute Gasteiger partial charge is 0.496 e. The lowest BCUT2D eigenvalue weighted by Crippen LogP contribution is -2.38. The molecule has 0 spiro atoms. The number of ether oxygens (including phenoxy) is 3. The van der Waals surface area contributed by atoms with Gasteiger partial charge >= 0.3 is 18.2 Å². The summed E-state index contributed by atoms with van der Waals surface area (Å²) in [6, 6.07) is 9.03. The van der Waals surface area contributed by atoms with Crippen LogP contribution >= 0.6 is 0 Å². The number of benzene rings is 1. The number of anilines is 1. The Morgan fingerprint density at radius 3 is 2.49 bits per heavy atom. The van der Waals surface area contributed by atoms with Crippen LogP contribution in [0.1, 0.15) is 44.9 Å². The Labute approximate surface area is 261 Å². The number of nitrogens with zero attached hydrogens (tertiary/aromatic N) is 3. The van der Waals surface area contributed by atoms with Crippen LogP contribution in [0.4, 0.5) is 23.8 Å². The number of hydrogen-bond donors (Lipinski definition) is 0. The maximum absolute atomic E-state index is 13.6. The zero-order valence-corrected chi connectivity index (χ0v) is 26.1. The van der Waals surface area contributed by atoms with Crippen LogP contribution in [0.15, 0.2) is 66.3 Å². The van der Waals surface area contributed by atoms with E-state index in [-0.39, 0.29) is 24.5 Å². The Morgan fingerprint density at radius 1 is 1.09 bits per heavy atom. The first kappa shape index (κ1) is 32.1. The van der Waals surface area contributed by atoms with Gasteiger partial charge in [0.05, 0.1) is 44.8 Å². The predicted octanol–water partition coefficient (Wildman–Crippen LogP) is 6.75. The zero-order valence-electron chi connectivity index (χ0n) is 26.1. The van der Waals surface area contributed by atoms with Crippen molar-refractivity contribution in [3.8, 4) is 16.9 Å². The summed E-state index contributed by atoms with van der Waals surface area (Å²) in [6.07, 6.45) is 1.85. The fourth-order valence-corrected chi connectivity index (χ4v) is 5.83. The molecular formula is C34H38F3N3O5. The van der Waals surface area contributed by atoms with E-state index in [1.54, 1.807) is 20.1 Å². The molecule has 3 aliphatic rings. The molecule has 0 saturated carbocycles. The Morgan fingerprint density at radius 2 is 1.84 bits per heavy atom. The molecule has 3 unspecified atom stereocenters. The summed E-state index contributed by atoms with van der Waals surface area (Å²) in [5.74, 6) is -0.758. The van der Waals surface area contributed by atoms with E-state index in [4.69, 9.17) is 19.2 Å². The summed E-state index contributed by atoms with van der Waals surface area (Å²) in [7, 11) is 2.93. The smallest absolute Gasteiger partial charge is 0.411 e. The third-order valence-corrected chi connectivity index (χ3v) is 8.73. The number of aromatic nitrogens is 1. The maximum atomic E-state index is 13.6. The van der Waals surface area contributed by atoms with Gasteiger partial charge in [-0.2, -0.15) is 13.2 Å². The van der Waals surface area contributed by atoms with E-state index >= 15 is 0 Å². The van der Waals surface area contributed by atoms with Gasteiger partial charge in [0.2, 0.25) is 0 Å². The summed E-state index contributed by atoms with van der Waals surface area (Å²) in [6.45, 7) is 7.47. The van der Waals surface area contributed by atoms with E-state index in [2.05, 4.69) is 4.90 Å². The zero-order chi connectivity index (χ0) is 32.5. The van der Waals surface area contributed by atoms with E-state index in [1.807, 2.05) is 44.2 Å². The molecule has 0 radical (unpaired) electrons. The molecule has 1 amide bonds. The molecule has 1 aromatic heterocycles. The summed E-state index contributed by atoms with van der Waals surface area (Å²) in [5.41, 5.74) is 2.67. The van der Waals surface area contributed by atoms with E-state index in [0.717, 1.165) is 54.2 Å². The molecule has 2 aliphatic heterocycles. The quantitative estimate of drug-likeness (QED) is 0.285. The Balaban J connectivity index is 1.52. The SMILES string of the molecule is COC(=O)CC(C)(C)c1ccc(OC)c(-c2ccc(N3CCC3)nc2CN2C(=O)OC(C3=CC(C(F)(F)F)C=CC=C3)C2C)c1. The summed E-state index contributed by atoms with van der Waals surface area (Å²) in [4.78, 5) is 34.1. The monoisotopic (exact) mass is 625 g/mol. The Kier molecular flexibility index (Phi) is 9.00. The van der Waals surface area contributed by atoms with Gasteiger partial charge in [-0.3, -0.25) is 9.69 Å². The minimum Gasteiger partial charge on any atom is -0.496 e. The second-order valence-corrected chi connectivity index (χ2v) is 12.2. The minimum absolute atomic E-state index is 0.0599. The highest BCUT2D eigenvalue weighted by atomic mass is 19.4. The number of alkyl halides is 3. The minimum atomic E-state index is -4.46. The number of methoxy groups -OCH3 is 2. The number of carbonyl (C=O) groups excluding carboxylic acids is 2. The maximum Gasteiger partial charge on any atom is 0.411 e. The second-order valence-electron chi connectivity index (χ2n) is 12.2. The number of cyclic esters (lactones) is 1. The van der Waals surface area contributed by atoms with Gasteiger partial charge in [-0.1, -0.05) is 50.3 Å². The molecule has 1 aliphatic carbocycles. The standard InChI is InChI=1S/C34H38F3N3O5/c1-21-31(22-9-6-7-10-24(17-22)34(35,36)37)45-32(42)40(21)20-27-25(12-14-29(38-27)39-15-8-16-39)26-18-23(11-13-28(26)43-4)33(2,3)19-30(41)44-5/h6-7,9-14,17-18,21,24,31H,8,15-16,19-20H2,1-5H3. The molecule has 0 bridgehead atoms. The highest BCUT2D eigenvalue weighted by Gasteiger charge is 2.43. The molecule has 2 aromatic rings. The fourth-order valence-electron chi connectivity index (χ4n) is 5.83. The van der Waals surface area contributed by atoms with Gasteiger partial charge in [-0.15, -0.1) is 0 Å². The van der Waals surface area contributed by atoms with Gasteiger partial charge in [0.15, 0.2) is 0 Å². The number of esters is 1. The van der Waals surface area contributed by atoms with Crippen molar-refractivity contribution in [2.24, 2.45) is 5.92 Å². The third kappa shape index (κ3) is 6.72. The average Bonchev–Trinajstić information content (AvgIpc) is 3.12. The topological polar surface area (TPSA) is 81.2 Å². The van der Waals surface area contributed by atoms with Crippen LogP contribution in [0, 0.1) is 5.92 Å². The van der Waals surface area contributed by atoms with Crippen molar-refractivity contribution < 1.29 is 37.0 Å². The van der Waals surface area contributed by atoms with Crippen molar-refractivity contribution in [1.82, 2.24) is 9.88 Å². The summed E-state index contributed by atoms with van der Waals surface area (Å²) >= 11 is 0. The fraction of sp³-hybridized carbons (Fsp3) is 0.441. The van der Waals surface area contributed by atoms with Gasteiger partial charge in [-0.05, 0) is 48.7 Å². The lowest BCUT2D eigenvalue weighted by molar-refractivity contribution is -0.149. The van der Waals surface area contributed by atoms with Crippen LogP contribution in [-0.4, -0.2) is 67.6 Å². The molecule has 8 nitrogen and oxygen atoms in total. The first-order chi connectivity index (χ1) is 21.3. The number of hydrogen-bond acceptors (Lipinski definition) is 7. The second kappa shape index (κ2) is 12.6. The first-order valence-electron chi connectivity index (χ1n) is 14.9. The van der Waals surface area contributed by atoms with E-state index in [0.29, 0.717) is 11.4 Å². The number of pyridine rings is 1. The molecular weight excluding hydrogens is 587 g/mol. The van der Waals surface area contributed by atoms with Crippen molar-refractivity contribution in [2.45, 2.75) is 63.9 Å². The van der Waals surface area contributed by atoms with Crippen molar-refractivity contribution in [1.29, 1.82) is 0 Å². The normalized spacial score (nSPS) is 21.6. The lowest BCUT2D eigenvalue weighted by atomic mass is 9.80. The molecule has 3 heterocycles. The van der Waals surface area contributed by atoms with Crippen LogP contribution in [0.5, 0.6) is 5.75 Å². The van der Waals surface area contributed by atoms with Gasteiger partial charge in [-0.25, -0.2) is 9.78 Å². The van der Waals surface area contributed by atoms with Crippen LogP contribution in [-0.2, 0) is 26.2 Å². The molecule has 2 fully saturated rings. The van der Waals surface area contributed by atoms with Gasteiger partial charge in [0, 0.05) is 29.6 Å². The number of halogens is 3. The Bertz CT molecular complexity index is 1540. The van der Waals surface area contributed by atoms with E-state index in [9.17, 15) is 22.8 Å². The number of amides is 1. The molecule has 2 saturated heterocycles. The molecule has 1 aromatic carbocycles. The number of allylic oxidation sites excluding steroid dienone is 4. The Hall–Kier alpha value is -4.28. The molecule has 3 atom stereocenters. The third-order valence-electron chi connectivity index (χ3n) is 8.73. The van der Waals surface area contributed by atoms with E-state index in [1.165, 1.54) is 24.2 Å². The summed E-state index contributed by atoms with van der Waals surface area (Å²) in [5, 5.41) is 0. The first-order valence-corrected chi connectivity index (χ1v) is 14.9. The summed E-state index contributed by atoms with van der Waals surface area (Å²) < 4.78 is 57.2. The van der Waals surface area contributed by atoms with Crippen LogP contribution in [0.3, 0.4) is 0 Å². The van der Waals surface area contributed by atoms with Gasteiger partial charge < -0.3 is 19.1 Å². The van der Waals surface area contributed by atoms with Crippen molar-refractivity contribution in [3.05, 3.63) is 77.5 Å². The van der Waals surface area contributed by atoms with Crippen molar-refractivity contribution >= 4 is 17.9 Å². The van der Waals surface area contributed by atoms with Crippen LogP contribution in [0.25, 0.3) is 11.1 Å². The molecule has 0 N–H and O–H groups in total. The molecule has 45 heavy (non-hydrogen) atoms. The van der Waals surface area contributed by atoms with Crippen LogP contribution in [0.2, 0.25) is 0 Å².